The first kappa shape index (κ1) is 56.7. The number of primary amides is 2. The molecule has 2 aromatic carbocycles. The van der Waals surface area contributed by atoms with Gasteiger partial charge in [0.05, 0.1) is 0 Å². The maximum Gasteiger partial charge on any atom is 1.00 e. The summed E-state index contributed by atoms with van der Waals surface area (Å²) in [4.78, 5) is 48.7. The average Bonchev–Trinajstić information content (AvgIpc) is 3.12. The smallest absolute Gasteiger partial charge is 0.542 e. The van der Waals surface area contributed by atoms with Gasteiger partial charge < -0.3 is 33.6 Å². The molecule has 1 fully saturated rings. The summed E-state index contributed by atoms with van der Waals surface area (Å²) in [6.07, 6.45) is 20.6. The van der Waals surface area contributed by atoms with E-state index in [0.29, 0.717) is 24.8 Å². The number of amides is 3. The fourth-order valence-electron chi connectivity index (χ4n) is 4.85. The molecule has 2 aliphatic rings. The molecule has 1 saturated carbocycles. The van der Waals surface area contributed by atoms with Crippen LogP contribution >= 0.6 is 15.9 Å². The normalized spacial score (nSPS) is 14.5. The number of nitrogens with two attached hydrogens (primary N) is 2. The Kier molecular flexibility index (Phi) is 42.9. The monoisotopic (exact) mass is 808 g/mol. The average molecular weight is 810 g/mol. The van der Waals surface area contributed by atoms with Gasteiger partial charge in [-0.15, -0.1) is 0 Å². The molecule has 292 valence electrons. The number of hydrogen-bond donors (Lipinski definition) is 4. The number of hydrogen-bond acceptors (Lipinski definition) is 5. The zero-order valence-corrected chi connectivity index (χ0v) is 36.9. The molecule has 0 aliphatic heterocycles. The van der Waals surface area contributed by atoms with Crippen molar-refractivity contribution in [2.45, 2.75) is 125 Å². The molecule has 11 heteroatoms. The molecule has 0 unspecified atom stereocenters. The summed E-state index contributed by atoms with van der Waals surface area (Å²) in [6, 6.07) is 17.3. The van der Waals surface area contributed by atoms with Crippen LogP contribution in [0.25, 0.3) is 5.57 Å². The van der Waals surface area contributed by atoms with E-state index < -0.39 is 5.97 Å². The number of nitrogens with one attached hydrogen (secondary N) is 1. The molecule has 2 aliphatic carbocycles. The van der Waals surface area contributed by atoms with Crippen LogP contribution in [-0.2, 0) is 24.0 Å². The minimum Gasteiger partial charge on any atom is -0.542 e. The summed E-state index contributed by atoms with van der Waals surface area (Å²) in [5.74, 6) is -0.437. The van der Waals surface area contributed by atoms with Gasteiger partial charge in [-0.1, -0.05) is 128 Å². The van der Waals surface area contributed by atoms with Gasteiger partial charge in [-0.3, -0.25) is 25.5 Å². The number of benzene rings is 2. The van der Waals surface area contributed by atoms with Gasteiger partial charge in [-0.25, -0.2) is 0 Å². The summed E-state index contributed by atoms with van der Waals surface area (Å²) in [5.41, 5.74) is 14.3. The van der Waals surface area contributed by atoms with Crippen LogP contribution in [0.3, 0.4) is 0 Å². The van der Waals surface area contributed by atoms with Crippen LogP contribution in [0.15, 0.2) is 71.2 Å². The second kappa shape index (κ2) is 40.1. The molecule has 0 saturated heterocycles. The van der Waals surface area contributed by atoms with Gasteiger partial charge in [-0.05, 0) is 68.7 Å². The minimum atomic E-state index is -0.833. The molecule has 53 heavy (non-hydrogen) atoms. The first-order chi connectivity index (χ1) is 24.8. The van der Waals surface area contributed by atoms with E-state index in [0.717, 1.165) is 43.5 Å². The largest absolute Gasteiger partial charge is 1.00 e. The third-order valence-electron chi connectivity index (χ3n) is 7.22. The van der Waals surface area contributed by atoms with Crippen molar-refractivity contribution >= 4 is 52.0 Å². The van der Waals surface area contributed by atoms with E-state index in [1.807, 2.05) is 32.3 Å². The number of carbonyl (C=O) groups excluding carboxylic acids is 4. The minimum absolute atomic E-state index is 0. The van der Waals surface area contributed by atoms with Crippen molar-refractivity contribution < 1.29 is 58.6 Å². The van der Waals surface area contributed by atoms with Crippen LogP contribution < -0.4 is 46.3 Å². The molecule has 2 aromatic rings. The molecule has 0 radical (unpaired) electrons. The van der Waals surface area contributed by atoms with Crippen molar-refractivity contribution in [3.05, 3.63) is 94.8 Å². The quantitative estimate of drug-likeness (QED) is 0.103. The van der Waals surface area contributed by atoms with Gasteiger partial charge >= 0.3 is 29.6 Å². The molecule has 0 heterocycles. The van der Waals surface area contributed by atoms with Gasteiger partial charge in [0.1, 0.15) is 0 Å². The SMILES string of the molecule is CC.CC(=O)N[C@H]1CCCC[C@H]1CCC[C-]=O.CC(=O)O.Cc1ccc(Br)cc1.Cc1ccc(C2=CCCC=C2)cc1.NC=O.[CH2-]CCCC(N)=O.[Na+]. The predicted molar refractivity (Wildman–Crippen MR) is 219 cm³/mol. The van der Waals surface area contributed by atoms with Gasteiger partial charge in [0.2, 0.25) is 18.2 Å². The van der Waals surface area contributed by atoms with E-state index in [4.69, 9.17) is 20.4 Å². The molecule has 0 bridgehead atoms. The Morgan fingerprint density at radius 3 is 1.87 bits per heavy atom. The van der Waals surface area contributed by atoms with Crippen LogP contribution in [0.1, 0.15) is 121 Å². The number of aryl methyl sites for hydroxylation is 2. The van der Waals surface area contributed by atoms with E-state index in [2.05, 4.69) is 102 Å². The number of carboxylic acids is 1. The predicted octanol–water partition coefficient (Wildman–Crippen LogP) is 6.15. The molecular weight excluding hydrogens is 745 g/mol. The molecule has 0 spiro atoms. The molecular formula is C42H64BrN3NaO6-. The van der Waals surface area contributed by atoms with E-state index in [1.165, 1.54) is 54.4 Å². The number of allylic oxidation sites excluding steroid dienone is 4. The number of aliphatic carboxylic acids is 1. The van der Waals surface area contributed by atoms with Crippen LogP contribution in [0, 0.1) is 26.7 Å². The van der Waals surface area contributed by atoms with Crippen LogP contribution in [0.5, 0.6) is 0 Å². The molecule has 3 amide bonds. The number of unbranched alkanes of at least 4 members (excludes halogenated alkanes) is 2. The topological polar surface area (TPSA) is 170 Å². The maximum absolute atomic E-state index is 11.0. The molecule has 0 aromatic heterocycles. The summed E-state index contributed by atoms with van der Waals surface area (Å²) in [7, 11) is 0. The molecule has 9 nitrogen and oxygen atoms in total. The Morgan fingerprint density at radius 1 is 0.962 bits per heavy atom. The Hall–Kier alpha value is -3.05. The van der Waals surface area contributed by atoms with Crippen LogP contribution in [0.4, 0.5) is 0 Å². The Balaban J connectivity index is -0.000000288. The third-order valence-corrected chi connectivity index (χ3v) is 7.74. The first-order valence-corrected chi connectivity index (χ1v) is 18.8. The van der Waals surface area contributed by atoms with Crippen molar-refractivity contribution in [1.29, 1.82) is 0 Å². The molecule has 6 N–H and O–H groups in total. The second-order valence-electron chi connectivity index (χ2n) is 11.8. The van der Waals surface area contributed by atoms with Crippen molar-refractivity contribution in [3.63, 3.8) is 0 Å². The van der Waals surface area contributed by atoms with Gasteiger partial charge in [0.25, 0.3) is 5.97 Å². The van der Waals surface area contributed by atoms with E-state index >= 15 is 0 Å². The standard InChI is InChI=1S/C13H14.C12H20NO2.C7H7Br.C5H10NO.C2H4O2.C2H6.CH3NO.Na/c1-11-7-9-13(10-8-11)12-5-3-2-4-6-12;1-10(15)13-12-8-3-2-6-11(12)7-4-5-9-14;1-6-2-4-7(8)5-3-6;1-2-3-4-5(6)7;1-2(3)4;1-2;2-1-3;/h3,5-10H,2,4H2,1H3;11-12H,2-8H2,1H3,(H,13,15);2-5H,1H3;1-4H2,(H2,6,7);1H3,(H,3,4);1-2H3;1H,(H2,2,3);/q;-1;;-1;;;;+1/t;11-,12-;;;;;;/m.0....../s1. The Bertz CT molecular complexity index is 1260. The fourth-order valence-corrected chi connectivity index (χ4v) is 5.11. The zero-order chi connectivity index (χ0) is 40.2. The van der Waals surface area contributed by atoms with Crippen molar-refractivity contribution in [3.8, 4) is 0 Å². The van der Waals surface area contributed by atoms with E-state index in [9.17, 15) is 14.4 Å². The number of carboxylic acid groups (broad SMARTS) is 1. The van der Waals surface area contributed by atoms with E-state index in [-0.39, 0.29) is 47.8 Å². The molecule has 4 rings (SSSR count). The Morgan fingerprint density at radius 2 is 1.47 bits per heavy atom. The second-order valence-corrected chi connectivity index (χ2v) is 12.7. The zero-order valence-electron chi connectivity index (χ0n) is 33.3. The van der Waals surface area contributed by atoms with E-state index in [1.54, 1.807) is 6.92 Å². The van der Waals surface area contributed by atoms with Crippen molar-refractivity contribution in [1.82, 2.24) is 5.32 Å². The van der Waals surface area contributed by atoms with Crippen molar-refractivity contribution in [2.75, 3.05) is 0 Å². The third kappa shape index (κ3) is 38.5. The number of rotatable bonds is 9. The van der Waals surface area contributed by atoms with Crippen LogP contribution in [-0.4, -0.2) is 41.6 Å². The van der Waals surface area contributed by atoms with Gasteiger partial charge in [-0.2, -0.15) is 12.8 Å². The van der Waals surface area contributed by atoms with Gasteiger partial charge in [0, 0.05) is 30.8 Å². The van der Waals surface area contributed by atoms with Crippen molar-refractivity contribution in [2.24, 2.45) is 17.4 Å². The number of halogens is 1. The first-order valence-electron chi connectivity index (χ1n) is 18.0. The van der Waals surface area contributed by atoms with Crippen LogP contribution in [0.2, 0.25) is 0 Å². The fraction of sp³-hybridized carbons (Fsp3) is 0.476. The number of carbonyl (C=O) groups is 4. The maximum atomic E-state index is 11.0. The summed E-state index contributed by atoms with van der Waals surface area (Å²) in [5, 5.41) is 10.4. The summed E-state index contributed by atoms with van der Waals surface area (Å²) < 4.78 is 1.14. The summed E-state index contributed by atoms with van der Waals surface area (Å²) >= 11 is 3.35. The Labute approximate surface area is 350 Å². The van der Waals surface area contributed by atoms with Gasteiger partial charge in [0.15, 0.2) is 0 Å². The molecule has 2 atom stereocenters. The summed E-state index contributed by atoms with van der Waals surface area (Å²) in [6.45, 7) is 14.4.